The van der Waals surface area contributed by atoms with Gasteiger partial charge in [0.25, 0.3) is 0 Å². The Labute approximate surface area is 138 Å². The number of nitrogens with zero attached hydrogens (tertiary/aromatic N) is 1. The minimum atomic E-state index is -0.437. The summed E-state index contributed by atoms with van der Waals surface area (Å²) < 4.78 is 2.30. The van der Waals surface area contributed by atoms with Crippen LogP contribution in [0.25, 0.3) is 0 Å². The molecule has 2 atom stereocenters. The van der Waals surface area contributed by atoms with E-state index in [0.29, 0.717) is 0 Å². The maximum Gasteiger partial charge on any atom is 1.00 e. The van der Waals surface area contributed by atoms with Crippen molar-refractivity contribution in [3.63, 3.8) is 0 Å². The van der Waals surface area contributed by atoms with E-state index in [2.05, 4.69) is 29.8 Å². The predicted molar refractivity (Wildman–Crippen MR) is 82.6 cm³/mol. The third-order valence-electron chi connectivity index (χ3n) is 4.17. The minimum Gasteiger partial charge on any atom is -0.852 e. The van der Waals surface area contributed by atoms with E-state index in [9.17, 15) is 5.11 Å². The van der Waals surface area contributed by atoms with Gasteiger partial charge in [0.15, 0.2) is 10.3 Å². The SMILES string of the molecule is CC([O-])CCc1c(C2CCCCC2)cc[s+]1N(C)C.[Li+]. The third-order valence-corrected chi connectivity index (χ3v) is 6.29. The van der Waals surface area contributed by atoms with Crippen molar-refractivity contribution in [2.24, 2.45) is 0 Å². The molecule has 1 aromatic heterocycles. The fourth-order valence-electron chi connectivity index (χ4n) is 3.14. The smallest absolute Gasteiger partial charge is 0.852 e. The average molecular weight is 288 g/mol. The molecule has 1 fully saturated rings. The van der Waals surface area contributed by atoms with Crippen molar-refractivity contribution in [1.29, 1.82) is 0 Å². The molecule has 2 unspecified atom stereocenters. The van der Waals surface area contributed by atoms with Gasteiger partial charge in [0.05, 0.1) is 10.7 Å². The topological polar surface area (TPSA) is 26.3 Å². The van der Waals surface area contributed by atoms with E-state index in [1.54, 1.807) is 17.4 Å². The summed E-state index contributed by atoms with van der Waals surface area (Å²) in [4.78, 5) is 1.56. The second-order valence-electron chi connectivity index (χ2n) is 5.99. The molecular formula is C16H27LiNOS+. The molecule has 0 N–H and O–H groups in total. The molecule has 1 aliphatic carbocycles. The number of rotatable bonds is 5. The maximum absolute atomic E-state index is 11.4. The van der Waals surface area contributed by atoms with Crippen LogP contribution in [0.3, 0.4) is 0 Å². The van der Waals surface area contributed by atoms with Crippen LogP contribution in [-0.2, 0) is 6.42 Å². The molecular weight excluding hydrogens is 261 g/mol. The zero-order valence-electron chi connectivity index (χ0n) is 13.5. The van der Waals surface area contributed by atoms with Gasteiger partial charge in [-0.25, -0.2) is 0 Å². The second-order valence-corrected chi connectivity index (χ2v) is 8.12. The third kappa shape index (κ3) is 4.61. The van der Waals surface area contributed by atoms with Crippen molar-refractivity contribution < 1.29 is 24.0 Å². The number of hydrogen-bond acceptors (Lipinski definition) is 2. The summed E-state index contributed by atoms with van der Waals surface area (Å²) in [5.74, 6) is 0.763. The van der Waals surface area contributed by atoms with E-state index in [4.69, 9.17) is 0 Å². The molecule has 2 nitrogen and oxygen atoms in total. The van der Waals surface area contributed by atoms with Crippen LogP contribution in [0.1, 0.15) is 61.8 Å². The normalized spacial score (nSPS) is 18.9. The van der Waals surface area contributed by atoms with Gasteiger partial charge in [-0.05, 0) is 18.8 Å². The number of hydrogen-bond donors (Lipinski definition) is 0. The summed E-state index contributed by atoms with van der Waals surface area (Å²) in [5.41, 5.74) is 1.58. The monoisotopic (exact) mass is 288 g/mol. The Morgan fingerprint density at radius 1 is 1.30 bits per heavy atom. The van der Waals surface area contributed by atoms with Crippen LogP contribution in [0, 0.1) is 0 Å². The summed E-state index contributed by atoms with van der Waals surface area (Å²) in [5, 5.41) is 13.7. The molecule has 1 aromatic rings. The Morgan fingerprint density at radius 2 is 1.95 bits per heavy atom. The standard InChI is InChI=1S/C16H27NOS.Li/c1-13(18)9-10-16-15(11-12-19(16)17(2)3)14-7-5-4-6-8-14;/h11-14H,4-10H2,1-3H3;/q;+1. The molecule has 108 valence electrons. The first-order valence-electron chi connectivity index (χ1n) is 7.57. The molecule has 20 heavy (non-hydrogen) atoms. The zero-order valence-corrected chi connectivity index (χ0v) is 14.3. The molecule has 0 aliphatic heterocycles. The van der Waals surface area contributed by atoms with Crippen molar-refractivity contribution in [2.75, 3.05) is 18.4 Å². The van der Waals surface area contributed by atoms with Crippen molar-refractivity contribution in [3.05, 3.63) is 21.9 Å². The molecule has 1 saturated carbocycles. The van der Waals surface area contributed by atoms with Crippen LogP contribution < -0.4 is 28.3 Å². The van der Waals surface area contributed by atoms with E-state index < -0.39 is 6.10 Å². The van der Waals surface area contributed by atoms with Gasteiger partial charge in [-0.15, -0.1) is 10.4 Å². The van der Waals surface area contributed by atoms with Gasteiger partial charge < -0.3 is 5.11 Å². The van der Waals surface area contributed by atoms with Gasteiger partial charge >= 0.3 is 18.9 Å². The van der Waals surface area contributed by atoms with Crippen molar-refractivity contribution in [1.82, 2.24) is 0 Å². The van der Waals surface area contributed by atoms with Crippen LogP contribution >= 0.6 is 10.7 Å². The maximum atomic E-state index is 11.4. The zero-order chi connectivity index (χ0) is 13.8. The van der Waals surface area contributed by atoms with Gasteiger partial charge in [0.1, 0.15) is 0 Å². The first kappa shape index (κ1) is 18.3. The van der Waals surface area contributed by atoms with Crippen LogP contribution in [-0.4, -0.2) is 20.2 Å². The van der Waals surface area contributed by atoms with Crippen molar-refractivity contribution in [3.8, 4) is 0 Å². The Hall–Kier alpha value is 0.217. The van der Waals surface area contributed by atoms with Crippen LogP contribution in [0.4, 0.5) is 0 Å². The van der Waals surface area contributed by atoms with E-state index in [1.807, 2.05) is 0 Å². The van der Waals surface area contributed by atoms with Gasteiger partial charge in [0, 0.05) is 32.1 Å². The van der Waals surface area contributed by atoms with Crippen LogP contribution in [0.2, 0.25) is 0 Å². The first-order chi connectivity index (χ1) is 9.09. The van der Waals surface area contributed by atoms with Crippen LogP contribution in [0.5, 0.6) is 0 Å². The van der Waals surface area contributed by atoms with E-state index in [1.165, 1.54) is 32.1 Å². The number of thiophene rings is 1. The molecule has 0 aromatic carbocycles. The molecule has 4 heteroatoms. The van der Waals surface area contributed by atoms with E-state index in [0.717, 1.165) is 18.8 Å². The Balaban J connectivity index is 0.00000200. The fraction of sp³-hybridized carbons (Fsp3) is 0.750. The van der Waals surface area contributed by atoms with Gasteiger partial charge in [-0.3, -0.25) is 0 Å². The molecule has 0 amide bonds. The van der Waals surface area contributed by atoms with Gasteiger partial charge in [0.2, 0.25) is 0 Å². The predicted octanol–water partition coefficient (Wildman–Crippen LogP) is 0.366. The summed E-state index contributed by atoms with van der Waals surface area (Å²) in [7, 11) is 4.43. The summed E-state index contributed by atoms with van der Waals surface area (Å²) >= 11 is 0. The minimum absolute atomic E-state index is 0. The van der Waals surface area contributed by atoms with Gasteiger partial charge in [-0.1, -0.05) is 32.6 Å². The molecule has 1 aliphatic rings. The first-order valence-corrected chi connectivity index (χ1v) is 8.81. The second kappa shape index (κ2) is 8.61. The molecule has 2 rings (SSSR count). The summed E-state index contributed by atoms with van der Waals surface area (Å²) in [6.45, 7) is 1.79. The molecule has 0 spiro atoms. The molecule has 0 saturated heterocycles. The quantitative estimate of drug-likeness (QED) is 0.578. The van der Waals surface area contributed by atoms with Gasteiger partial charge in [-0.2, -0.15) is 0 Å². The molecule has 0 radical (unpaired) electrons. The summed E-state index contributed by atoms with van der Waals surface area (Å²) in [6, 6.07) is 2.36. The van der Waals surface area contributed by atoms with Crippen molar-refractivity contribution in [2.45, 2.75) is 63.9 Å². The van der Waals surface area contributed by atoms with Crippen molar-refractivity contribution >= 4 is 10.7 Å². The Morgan fingerprint density at radius 3 is 2.50 bits per heavy atom. The summed E-state index contributed by atoms with van der Waals surface area (Å²) in [6.07, 6.45) is 8.19. The Bertz CT molecular complexity index is 397. The Kier molecular flexibility index (Phi) is 7.86. The van der Waals surface area contributed by atoms with E-state index in [-0.39, 0.29) is 29.5 Å². The fourth-order valence-corrected chi connectivity index (χ4v) is 5.06. The van der Waals surface area contributed by atoms with Crippen LogP contribution in [0.15, 0.2) is 11.4 Å². The largest absolute Gasteiger partial charge is 1.00 e. The molecule has 1 heterocycles. The van der Waals surface area contributed by atoms with E-state index >= 15 is 0 Å². The average Bonchev–Trinajstić information content (AvgIpc) is 2.81. The molecule has 0 bridgehead atoms.